The smallest absolute Gasteiger partial charge is 0.341 e. The summed E-state index contributed by atoms with van der Waals surface area (Å²) < 4.78 is 51.6. The van der Waals surface area contributed by atoms with Crippen molar-refractivity contribution in [3.05, 3.63) is 58.2 Å². The zero-order valence-corrected chi connectivity index (χ0v) is 12.3. The lowest BCUT2D eigenvalue weighted by Gasteiger charge is -2.05. The fraction of sp³-hybridized carbons (Fsp3) is 0.143. The second-order valence-electron chi connectivity index (χ2n) is 4.42. The fourth-order valence-corrected chi connectivity index (χ4v) is 1.60. The summed E-state index contributed by atoms with van der Waals surface area (Å²) >= 11 is 0. The van der Waals surface area contributed by atoms with E-state index in [1.54, 1.807) is 12.4 Å². The monoisotopic (exact) mass is 346 g/mol. The van der Waals surface area contributed by atoms with Crippen molar-refractivity contribution in [3.63, 3.8) is 0 Å². The molecule has 6 nitrogen and oxygen atoms in total. The van der Waals surface area contributed by atoms with E-state index in [1.807, 2.05) is 13.8 Å². The largest absolute Gasteiger partial charge is 0.477 e. The average molecular weight is 346 g/mol. The summed E-state index contributed by atoms with van der Waals surface area (Å²) in [4.78, 5) is 28.6. The minimum atomic E-state index is -2.26. The summed E-state index contributed by atoms with van der Waals surface area (Å²) in [6, 6.07) is 0. The van der Waals surface area contributed by atoms with Gasteiger partial charge in [-0.15, -0.1) is 0 Å². The van der Waals surface area contributed by atoms with Gasteiger partial charge in [-0.2, -0.15) is 0 Å². The van der Waals surface area contributed by atoms with Crippen LogP contribution in [0.2, 0.25) is 0 Å². The zero-order valence-electron chi connectivity index (χ0n) is 12.3. The lowest BCUT2D eigenvalue weighted by atomic mass is 10.1. The highest BCUT2D eigenvalue weighted by molar-refractivity contribution is 5.92. The number of aromatic nitrogens is 2. The van der Waals surface area contributed by atoms with Gasteiger partial charge in [-0.05, 0) is 13.8 Å². The van der Waals surface area contributed by atoms with Crippen LogP contribution in [0.5, 0.6) is 0 Å². The van der Waals surface area contributed by atoms with Gasteiger partial charge in [0.05, 0.1) is 11.4 Å². The number of benzene rings is 1. The first-order valence-corrected chi connectivity index (χ1v) is 6.15. The molecular weight excluding hydrogens is 336 g/mol. The molecule has 0 amide bonds. The van der Waals surface area contributed by atoms with Gasteiger partial charge in [0.2, 0.25) is 0 Å². The topological polar surface area (TPSA) is 100 Å². The molecule has 2 N–H and O–H groups in total. The van der Waals surface area contributed by atoms with Gasteiger partial charge in [-0.25, -0.2) is 27.2 Å². The van der Waals surface area contributed by atoms with Crippen molar-refractivity contribution in [3.8, 4) is 0 Å². The molecule has 0 spiro atoms. The summed E-state index contributed by atoms with van der Waals surface area (Å²) in [5.41, 5.74) is -1.80. The Hall–Kier alpha value is -3.04. The molecule has 1 heterocycles. The van der Waals surface area contributed by atoms with E-state index in [4.69, 9.17) is 10.2 Å². The highest BCUT2D eigenvalue weighted by atomic mass is 19.2. The maximum atomic E-state index is 12.9. The van der Waals surface area contributed by atoms with Crippen LogP contribution in [0, 0.1) is 37.1 Å². The normalized spacial score (nSPS) is 9.92. The molecule has 0 fully saturated rings. The van der Waals surface area contributed by atoms with Crippen LogP contribution in [0.3, 0.4) is 0 Å². The molecule has 128 valence electrons. The SMILES string of the molecule is Cc1cncc(C)n1.O=C(O)c1c(F)c(F)c(C(=O)O)c(F)c1F. The summed E-state index contributed by atoms with van der Waals surface area (Å²) in [5.74, 6) is -13.5. The Labute approximate surface area is 132 Å². The number of halogens is 4. The van der Waals surface area contributed by atoms with Crippen molar-refractivity contribution in [2.24, 2.45) is 0 Å². The van der Waals surface area contributed by atoms with Crippen LogP contribution in [-0.4, -0.2) is 32.1 Å². The van der Waals surface area contributed by atoms with E-state index in [2.05, 4.69) is 9.97 Å². The zero-order chi connectivity index (χ0) is 18.6. The second kappa shape index (κ2) is 7.49. The number of carboxylic acids is 2. The molecule has 0 saturated carbocycles. The molecule has 2 rings (SSSR count). The van der Waals surface area contributed by atoms with E-state index in [0.29, 0.717) is 0 Å². The molecule has 0 aliphatic heterocycles. The second-order valence-corrected chi connectivity index (χ2v) is 4.42. The lowest BCUT2D eigenvalue weighted by Crippen LogP contribution is -2.15. The van der Waals surface area contributed by atoms with Crippen LogP contribution in [0.1, 0.15) is 32.1 Å². The minimum Gasteiger partial charge on any atom is -0.477 e. The van der Waals surface area contributed by atoms with E-state index in [-0.39, 0.29) is 0 Å². The minimum absolute atomic E-state index is 0.977. The van der Waals surface area contributed by atoms with Gasteiger partial charge in [0.25, 0.3) is 0 Å². The van der Waals surface area contributed by atoms with Crippen LogP contribution in [0.4, 0.5) is 17.6 Å². The van der Waals surface area contributed by atoms with Gasteiger partial charge < -0.3 is 10.2 Å². The van der Waals surface area contributed by atoms with Crippen LogP contribution in [-0.2, 0) is 0 Å². The number of carbonyl (C=O) groups is 2. The molecule has 0 atom stereocenters. The average Bonchev–Trinajstić information content (AvgIpc) is 2.45. The van der Waals surface area contributed by atoms with Gasteiger partial charge in [0.1, 0.15) is 11.1 Å². The molecule has 0 radical (unpaired) electrons. The molecule has 0 saturated heterocycles. The Morgan fingerprint density at radius 3 is 1.25 bits per heavy atom. The van der Waals surface area contributed by atoms with Gasteiger partial charge >= 0.3 is 11.9 Å². The van der Waals surface area contributed by atoms with Crippen LogP contribution < -0.4 is 0 Å². The number of hydrogen-bond donors (Lipinski definition) is 2. The maximum Gasteiger partial charge on any atom is 0.341 e. The van der Waals surface area contributed by atoms with Crippen molar-refractivity contribution in [1.29, 1.82) is 0 Å². The standard InChI is InChI=1S/C8H2F4O4.C6H8N2/c9-3-1(7(13)14)4(10)6(12)2(5(3)11)8(15)16;1-5-3-7-4-6(2)8-5/h(H,13,14)(H,15,16);3-4H,1-2H3. The van der Waals surface area contributed by atoms with Crippen LogP contribution in [0.15, 0.2) is 12.4 Å². The molecule has 1 aromatic carbocycles. The van der Waals surface area contributed by atoms with Crippen molar-refractivity contribution >= 4 is 11.9 Å². The molecule has 1 aromatic heterocycles. The summed E-state index contributed by atoms with van der Waals surface area (Å²) in [6.45, 7) is 3.86. The Morgan fingerprint density at radius 2 is 1.08 bits per heavy atom. The van der Waals surface area contributed by atoms with Crippen molar-refractivity contribution < 1.29 is 37.4 Å². The van der Waals surface area contributed by atoms with E-state index in [9.17, 15) is 27.2 Å². The number of nitrogens with zero attached hydrogens (tertiary/aromatic N) is 2. The van der Waals surface area contributed by atoms with E-state index in [1.165, 1.54) is 0 Å². The predicted molar refractivity (Wildman–Crippen MR) is 71.7 cm³/mol. The highest BCUT2D eigenvalue weighted by Gasteiger charge is 2.32. The maximum absolute atomic E-state index is 12.9. The number of hydrogen-bond acceptors (Lipinski definition) is 4. The Kier molecular flexibility index (Phi) is 5.93. The van der Waals surface area contributed by atoms with E-state index in [0.717, 1.165) is 11.4 Å². The summed E-state index contributed by atoms with van der Waals surface area (Å²) in [5, 5.41) is 16.5. The van der Waals surface area contributed by atoms with Gasteiger partial charge in [-0.3, -0.25) is 9.97 Å². The molecule has 0 aliphatic carbocycles. The lowest BCUT2D eigenvalue weighted by molar-refractivity contribution is 0.0658. The quantitative estimate of drug-likeness (QED) is 0.641. The summed E-state index contributed by atoms with van der Waals surface area (Å²) in [7, 11) is 0. The molecule has 2 aromatic rings. The van der Waals surface area contributed by atoms with Crippen molar-refractivity contribution in [2.75, 3.05) is 0 Å². The van der Waals surface area contributed by atoms with Gasteiger partial charge in [0.15, 0.2) is 23.3 Å². The molecule has 10 heteroatoms. The number of aryl methyl sites for hydroxylation is 2. The molecule has 0 aliphatic rings. The Bertz CT molecular complexity index is 720. The first kappa shape index (κ1) is 19.0. The molecular formula is C14H10F4N2O4. The van der Waals surface area contributed by atoms with E-state index < -0.39 is 46.3 Å². The third-order valence-corrected chi connectivity index (χ3v) is 2.57. The summed E-state index contributed by atoms with van der Waals surface area (Å²) in [6.07, 6.45) is 3.49. The molecule has 24 heavy (non-hydrogen) atoms. The van der Waals surface area contributed by atoms with Gasteiger partial charge in [-0.1, -0.05) is 0 Å². The van der Waals surface area contributed by atoms with E-state index >= 15 is 0 Å². The fourth-order valence-electron chi connectivity index (χ4n) is 1.60. The number of carboxylic acid groups (broad SMARTS) is 2. The number of aromatic carboxylic acids is 2. The third-order valence-electron chi connectivity index (χ3n) is 2.57. The van der Waals surface area contributed by atoms with Crippen LogP contribution >= 0.6 is 0 Å². The van der Waals surface area contributed by atoms with Crippen molar-refractivity contribution in [1.82, 2.24) is 9.97 Å². The predicted octanol–water partition coefficient (Wildman–Crippen LogP) is 2.73. The van der Waals surface area contributed by atoms with Crippen LogP contribution in [0.25, 0.3) is 0 Å². The van der Waals surface area contributed by atoms with Gasteiger partial charge in [0, 0.05) is 12.4 Å². The first-order chi connectivity index (χ1) is 11.1. The van der Waals surface area contributed by atoms with Crippen molar-refractivity contribution in [2.45, 2.75) is 13.8 Å². The first-order valence-electron chi connectivity index (χ1n) is 6.15. The third kappa shape index (κ3) is 4.03. The Balaban J connectivity index is 0.000000300. The molecule has 0 bridgehead atoms. The molecule has 0 unspecified atom stereocenters. The number of rotatable bonds is 2. The highest BCUT2D eigenvalue weighted by Crippen LogP contribution is 2.24. The Morgan fingerprint density at radius 1 is 0.792 bits per heavy atom.